The molecule has 0 saturated heterocycles. The highest BCUT2D eigenvalue weighted by Crippen LogP contribution is 2.30. The Morgan fingerprint density at radius 1 is 0.714 bits per heavy atom. The van der Waals surface area contributed by atoms with Crippen molar-refractivity contribution in [1.29, 1.82) is 0 Å². The minimum absolute atomic E-state index is 0.413. The van der Waals surface area contributed by atoms with Gasteiger partial charge in [0.15, 0.2) is 11.6 Å². The number of rotatable bonds is 6. The molecule has 28 heavy (non-hydrogen) atoms. The van der Waals surface area contributed by atoms with Gasteiger partial charge in [-0.3, -0.25) is 15.4 Å². The summed E-state index contributed by atoms with van der Waals surface area (Å²) in [4.78, 5) is 12.6. The number of nitrogen functional groups attached to an aromatic ring is 1. The molecule has 0 amide bonds. The number of hydrogen-bond acceptors (Lipinski definition) is 7. The predicted molar refractivity (Wildman–Crippen MR) is 113 cm³/mol. The van der Waals surface area contributed by atoms with Crippen LogP contribution in [0.2, 0.25) is 0 Å². The smallest absolute Gasteiger partial charge is 0.173 e. The molecule has 2 heterocycles. The predicted octanol–water partition coefficient (Wildman–Crippen LogP) is 4.36. The lowest BCUT2D eigenvalue weighted by atomic mass is 10.2. The third kappa shape index (κ3) is 3.83. The van der Waals surface area contributed by atoms with Crippen molar-refractivity contribution < 1.29 is 0 Å². The van der Waals surface area contributed by atoms with Crippen molar-refractivity contribution in [2.45, 2.75) is 0 Å². The van der Waals surface area contributed by atoms with Crippen LogP contribution in [0, 0.1) is 0 Å². The fourth-order valence-corrected chi connectivity index (χ4v) is 2.69. The van der Waals surface area contributed by atoms with Crippen molar-refractivity contribution in [3.05, 3.63) is 91.5 Å². The molecule has 138 valence electrons. The maximum Gasteiger partial charge on any atom is 0.173 e. The molecule has 0 spiro atoms. The van der Waals surface area contributed by atoms with Gasteiger partial charge >= 0.3 is 0 Å². The molecule has 0 fully saturated rings. The zero-order chi connectivity index (χ0) is 19.2. The van der Waals surface area contributed by atoms with Crippen molar-refractivity contribution in [1.82, 2.24) is 15.0 Å². The molecule has 4 N–H and O–H groups in total. The van der Waals surface area contributed by atoms with E-state index in [0.29, 0.717) is 17.3 Å². The van der Waals surface area contributed by atoms with Gasteiger partial charge in [0.1, 0.15) is 12.0 Å². The van der Waals surface area contributed by atoms with Crippen LogP contribution in [0.5, 0.6) is 0 Å². The van der Waals surface area contributed by atoms with Crippen LogP contribution < -0.4 is 21.5 Å². The molecule has 0 radical (unpaired) electrons. The van der Waals surface area contributed by atoms with Gasteiger partial charge < -0.3 is 11.1 Å². The lowest BCUT2D eigenvalue weighted by molar-refractivity contribution is 1.09. The Balaban J connectivity index is 1.67. The normalized spacial score (nSPS) is 10.3. The fourth-order valence-electron chi connectivity index (χ4n) is 2.69. The van der Waals surface area contributed by atoms with Crippen molar-refractivity contribution in [2.75, 3.05) is 21.5 Å². The van der Waals surface area contributed by atoms with Gasteiger partial charge in [-0.2, -0.15) is 0 Å². The van der Waals surface area contributed by atoms with Gasteiger partial charge in [0.05, 0.1) is 11.4 Å². The third-order valence-electron chi connectivity index (χ3n) is 4.07. The summed E-state index contributed by atoms with van der Waals surface area (Å²) in [5, 5.41) is 5.12. The number of nitrogens with one attached hydrogen (secondary N) is 2. The number of nitrogens with two attached hydrogens (primary N) is 1. The standard InChI is InChI=1S/C21H19N7/c22-19-20(26-16-11-13-23-14-12-16)24-15-25-21(19)27-28(17-7-3-1-4-8-17)18-9-5-2-6-10-18/h1-15H,22H2,(H2,23,24,25,26,27). The van der Waals surface area contributed by atoms with Crippen LogP contribution in [-0.2, 0) is 0 Å². The summed E-state index contributed by atoms with van der Waals surface area (Å²) in [5.41, 5.74) is 12.8. The van der Waals surface area contributed by atoms with E-state index in [1.54, 1.807) is 12.4 Å². The van der Waals surface area contributed by atoms with Crippen molar-refractivity contribution >= 4 is 34.4 Å². The monoisotopic (exact) mass is 369 g/mol. The Morgan fingerprint density at radius 2 is 1.29 bits per heavy atom. The van der Waals surface area contributed by atoms with Crippen LogP contribution in [0.4, 0.5) is 34.4 Å². The highest BCUT2D eigenvalue weighted by molar-refractivity contribution is 5.80. The number of anilines is 6. The lowest BCUT2D eigenvalue weighted by Gasteiger charge is -2.26. The molecule has 0 saturated carbocycles. The first kappa shape index (κ1) is 17.3. The number of para-hydroxylation sites is 2. The van der Waals surface area contributed by atoms with E-state index >= 15 is 0 Å². The molecular weight excluding hydrogens is 350 g/mol. The Bertz CT molecular complexity index is 985. The molecule has 4 rings (SSSR count). The summed E-state index contributed by atoms with van der Waals surface area (Å²) in [6.45, 7) is 0. The second kappa shape index (κ2) is 8.05. The molecule has 4 aromatic rings. The first-order valence-corrected chi connectivity index (χ1v) is 8.75. The number of benzene rings is 2. The molecule has 2 aromatic heterocycles. The number of nitrogens with zero attached hydrogens (tertiary/aromatic N) is 4. The summed E-state index contributed by atoms with van der Waals surface area (Å²) in [6, 6.07) is 23.6. The third-order valence-corrected chi connectivity index (χ3v) is 4.07. The summed E-state index contributed by atoms with van der Waals surface area (Å²) in [5.74, 6) is 1.02. The number of hydrazine groups is 1. The van der Waals surface area contributed by atoms with Crippen LogP contribution in [0.3, 0.4) is 0 Å². The van der Waals surface area contributed by atoms with Crippen LogP contribution in [0.15, 0.2) is 91.5 Å². The lowest BCUT2D eigenvalue weighted by Crippen LogP contribution is -2.26. The highest BCUT2D eigenvalue weighted by atomic mass is 15.5. The van der Waals surface area contributed by atoms with Crippen LogP contribution in [-0.4, -0.2) is 15.0 Å². The van der Waals surface area contributed by atoms with Gasteiger partial charge in [0, 0.05) is 18.1 Å². The van der Waals surface area contributed by atoms with Crippen LogP contribution >= 0.6 is 0 Å². The highest BCUT2D eigenvalue weighted by Gasteiger charge is 2.14. The maximum atomic E-state index is 6.34. The summed E-state index contributed by atoms with van der Waals surface area (Å²) >= 11 is 0. The molecule has 0 aliphatic rings. The van der Waals surface area contributed by atoms with Gasteiger partial charge in [-0.05, 0) is 36.4 Å². The Kier molecular flexibility index (Phi) is 4.97. The van der Waals surface area contributed by atoms with Gasteiger partial charge in [0.2, 0.25) is 0 Å². The second-order valence-electron chi connectivity index (χ2n) is 5.96. The molecule has 0 aliphatic heterocycles. The molecule has 0 unspecified atom stereocenters. The molecule has 7 heteroatoms. The quantitative estimate of drug-likeness (QED) is 0.435. The van der Waals surface area contributed by atoms with Gasteiger partial charge in [-0.1, -0.05) is 36.4 Å². The molecular formula is C21H19N7. The molecule has 0 atom stereocenters. The van der Waals surface area contributed by atoms with E-state index in [1.807, 2.05) is 77.8 Å². The van der Waals surface area contributed by atoms with Crippen LogP contribution in [0.1, 0.15) is 0 Å². The zero-order valence-electron chi connectivity index (χ0n) is 15.0. The van der Waals surface area contributed by atoms with Crippen molar-refractivity contribution in [3.8, 4) is 0 Å². The molecule has 7 nitrogen and oxygen atoms in total. The van der Waals surface area contributed by atoms with E-state index in [2.05, 4.69) is 25.7 Å². The first-order valence-electron chi connectivity index (χ1n) is 8.75. The SMILES string of the molecule is Nc1c(Nc2ccncc2)ncnc1NN(c1ccccc1)c1ccccc1. The van der Waals surface area contributed by atoms with Gasteiger partial charge in [-0.15, -0.1) is 0 Å². The number of hydrogen-bond donors (Lipinski definition) is 3. The van der Waals surface area contributed by atoms with E-state index in [1.165, 1.54) is 6.33 Å². The second-order valence-corrected chi connectivity index (χ2v) is 5.96. The summed E-state index contributed by atoms with van der Waals surface area (Å²) in [6.07, 6.45) is 4.87. The Labute approximate surface area is 162 Å². The minimum atomic E-state index is 0.413. The van der Waals surface area contributed by atoms with Crippen molar-refractivity contribution in [2.24, 2.45) is 0 Å². The summed E-state index contributed by atoms with van der Waals surface area (Å²) < 4.78 is 0. The van der Waals surface area contributed by atoms with Crippen LogP contribution in [0.25, 0.3) is 0 Å². The summed E-state index contributed by atoms with van der Waals surface area (Å²) in [7, 11) is 0. The van der Waals surface area contributed by atoms with E-state index in [-0.39, 0.29) is 0 Å². The Morgan fingerprint density at radius 3 is 1.89 bits per heavy atom. The minimum Gasteiger partial charge on any atom is -0.393 e. The molecule has 0 bridgehead atoms. The average Bonchev–Trinajstić information content (AvgIpc) is 2.76. The van der Waals surface area contributed by atoms with Gasteiger partial charge in [-0.25, -0.2) is 9.97 Å². The number of pyridine rings is 1. The van der Waals surface area contributed by atoms with E-state index in [0.717, 1.165) is 17.1 Å². The van der Waals surface area contributed by atoms with E-state index in [4.69, 9.17) is 5.73 Å². The zero-order valence-corrected chi connectivity index (χ0v) is 15.0. The maximum absolute atomic E-state index is 6.34. The Hall–Kier alpha value is -4.13. The van der Waals surface area contributed by atoms with Gasteiger partial charge in [0.25, 0.3) is 0 Å². The fraction of sp³-hybridized carbons (Fsp3) is 0. The van der Waals surface area contributed by atoms with Crippen molar-refractivity contribution in [3.63, 3.8) is 0 Å². The largest absolute Gasteiger partial charge is 0.393 e. The molecule has 0 aliphatic carbocycles. The van der Waals surface area contributed by atoms with E-state index in [9.17, 15) is 0 Å². The topological polar surface area (TPSA) is 92.0 Å². The first-order chi connectivity index (χ1) is 13.8. The molecule has 2 aromatic carbocycles. The number of aromatic nitrogens is 3. The van der Waals surface area contributed by atoms with E-state index < -0.39 is 0 Å². The average molecular weight is 369 g/mol.